The number of rotatable bonds is 1. The van der Waals surface area contributed by atoms with Crippen molar-refractivity contribution in [1.82, 2.24) is 0 Å². The lowest BCUT2D eigenvalue weighted by Crippen LogP contribution is -2.44. The predicted octanol–water partition coefficient (Wildman–Crippen LogP) is 3.28. The molecule has 1 spiro atoms. The van der Waals surface area contributed by atoms with Crippen LogP contribution < -0.4 is 0 Å². The van der Waals surface area contributed by atoms with Gasteiger partial charge < -0.3 is 9.47 Å². The molecule has 1 saturated heterocycles. The molecule has 1 aliphatic carbocycles. The number of hydrogen-bond acceptors (Lipinski definition) is 2. The molecule has 0 aromatic rings. The molecule has 0 aromatic heterocycles. The van der Waals surface area contributed by atoms with Gasteiger partial charge >= 0.3 is 0 Å². The molecule has 1 aliphatic heterocycles. The Morgan fingerprint density at radius 2 is 2.07 bits per heavy atom. The molecular weight excluding hydrogens is 188 g/mol. The maximum atomic E-state index is 5.76. The Hall–Kier alpha value is -0.340. The van der Waals surface area contributed by atoms with Gasteiger partial charge in [0.25, 0.3) is 0 Å². The van der Waals surface area contributed by atoms with Gasteiger partial charge in [0.1, 0.15) is 0 Å². The fourth-order valence-electron chi connectivity index (χ4n) is 3.06. The van der Waals surface area contributed by atoms with Crippen LogP contribution in [0.1, 0.15) is 46.0 Å². The predicted molar refractivity (Wildman–Crippen MR) is 60.6 cm³/mol. The highest BCUT2D eigenvalue weighted by Gasteiger charge is 2.43. The topological polar surface area (TPSA) is 18.5 Å². The third-order valence-corrected chi connectivity index (χ3v) is 4.15. The Morgan fingerprint density at radius 3 is 2.73 bits per heavy atom. The minimum absolute atomic E-state index is 0.0225. The summed E-state index contributed by atoms with van der Waals surface area (Å²) in [4.78, 5) is 0. The van der Waals surface area contributed by atoms with Crippen molar-refractivity contribution in [3.05, 3.63) is 11.1 Å². The monoisotopic (exact) mass is 210 g/mol. The van der Waals surface area contributed by atoms with Crippen molar-refractivity contribution in [2.45, 2.75) is 52.2 Å². The van der Waals surface area contributed by atoms with Crippen molar-refractivity contribution in [3.63, 3.8) is 0 Å². The standard InChI is InChI=1S/C13H22O2/c1-10-5-7-13(9-11(10)2)6-4-8-15-12(13)14-3/h12H,4-9H2,1-3H3. The van der Waals surface area contributed by atoms with Crippen LogP contribution in [0, 0.1) is 5.41 Å². The van der Waals surface area contributed by atoms with Crippen molar-refractivity contribution in [3.8, 4) is 0 Å². The van der Waals surface area contributed by atoms with E-state index in [2.05, 4.69) is 13.8 Å². The van der Waals surface area contributed by atoms with E-state index in [9.17, 15) is 0 Å². The lowest BCUT2D eigenvalue weighted by Gasteiger charge is -2.45. The van der Waals surface area contributed by atoms with E-state index in [4.69, 9.17) is 9.47 Å². The van der Waals surface area contributed by atoms with Gasteiger partial charge in [-0.05, 0) is 46.0 Å². The van der Waals surface area contributed by atoms with E-state index in [1.54, 1.807) is 18.3 Å². The summed E-state index contributed by atoms with van der Waals surface area (Å²) < 4.78 is 11.3. The zero-order valence-corrected chi connectivity index (χ0v) is 10.1. The molecule has 2 unspecified atom stereocenters. The highest BCUT2D eigenvalue weighted by Crippen LogP contribution is 2.48. The van der Waals surface area contributed by atoms with Gasteiger partial charge in [0.2, 0.25) is 0 Å². The summed E-state index contributed by atoms with van der Waals surface area (Å²) in [6, 6.07) is 0. The van der Waals surface area contributed by atoms with Crippen LogP contribution in [0.4, 0.5) is 0 Å². The van der Waals surface area contributed by atoms with E-state index in [-0.39, 0.29) is 11.7 Å². The maximum Gasteiger partial charge on any atom is 0.163 e. The van der Waals surface area contributed by atoms with Gasteiger partial charge in [0.05, 0.1) is 0 Å². The van der Waals surface area contributed by atoms with Gasteiger partial charge in [-0.2, -0.15) is 0 Å². The zero-order chi connectivity index (χ0) is 10.9. The summed E-state index contributed by atoms with van der Waals surface area (Å²) >= 11 is 0. The van der Waals surface area contributed by atoms with E-state index in [1.165, 1.54) is 25.7 Å². The normalized spacial score (nSPS) is 37.4. The molecule has 0 bridgehead atoms. The lowest BCUT2D eigenvalue weighted by atomic mass is 9.68. The van der Waals surface area contributed by atoms with Crippen LogP contribution in [-0.4, -0.2) is 20.0 Å². The van der Waals surface area contributed by atoms with Crippen LogP contribution in [0.15, 0.2) is 11.1 Å². The smallest absolute Gasteiger partial charge is 0.163 e. The fraction of sp³-hybridized carbons (Fsp3) is 0.846. The summed E-state index contributed by atoms with van der Waals surface area (Å²) in [7, 11) is 1.78. The second kappa shape index (κ2) is 4.26. The van der Waals surface area contributed by atoms with Crippen molar-refractivity contribution in [2.75, 3.05) is 13.7 Å². The second-order valence-electron chi connectivity index (χ2n) is 5.14. The minimum Gasteiger partial charge on any atom is -0.355 e. The lowest BCUT2D eigenvalue weighted by molar-refractivity contribution is -0.222. The molecule has 86 valence electrons. The summed E-state index contributed by atoms with van der Waals surface area (Å²) in [6.45, 7) is 5.38. The maximum absolute atomic E-state index is 5.76. The third-order valence-electron chi connectivity index (χ3n) is 4.15. The van der Waals surface area contributed by atoms with Gasteiger partial charge in [-0.3, -0.25) is 0 Å². The molecule has 15 heavy (non-hydrogen) atoms. The van der Waals surface area contributed by atoms with Crippen molar-refractivity contribution < 1.29 is 9.47 Å². The number of methoxy groups -OCH3 is 1. The SMILES string of the molecule is COC1OCCCC12CCC(C)=C(C)C2. The molecule has 1 fully saturated rings. The molecular formula is C13H22O2. The fourth-order valence-corrected chi connectivity index (χ4v) is 3.06. The van der Waals surface area contributed by atoms with E-state index in [0.29, 0.717) is 0 Å². The first-order chi connectivity index (χ1) is 7.18. The number of ether oxygens (including phenoxy) is 2. The molecule has 2 atom stereocenters. The molecule has 2 rings (SSSR count). The molecule has 1 heterocycles. The van der Waals surface area contributed by atoms with Crippen molar-refractivity contribution in [2.24, 2.45) is 5.41 Å². The van der Waals surface area contributed by atoms with Gasteiger partial charge in [0, 0.05) is 19.1 Å². The first kappa shape index (κ1) is 11.2. The van der Waals surface area contributed by atoms with Crippen LogP contribution in [-0.2, 0) is 9.47 Å². The highest BCUT2D eigenvalue weighted by molar-refractivity contribution is 5.17. The van der Waals surface area contributed by atoms with Gasteiger partial charge in [0.15, 0.2) is 6.29 Å². The molecule has 0 saturated carbocycles. The summed E-state index contributed by atoms with van der Waals surface area (Å²) in [6.07, 6.45) is 6.08. The Kier molecular flexibility index (Phi) is 3.17. The van der Waals surface area contributed by atoms with E-state index < -0.39 is 0 Å². The van der Waals surface area contributed by atoms with E-state index in [1.807, 2.05) is 0 Å². The molecule has 0 aromatic carbocycles. The number of hydrogen-bond donors (Lipinski definition) is 0. The van der Waals surface area contributed by atoms with Gasteiger partial charge in [-0.1, -0.05) is 11.1 Å². The molecule has 0 amide bonds. The van der Waals surface area contributed by atoms with Crippen LogP contribution in [0.2, 0.25) is 0 Å². The third kappa shape index (κ3) is 1.98. The van der Waals surface area contributed by atoms with Crippen molar-refractivity contribution >= 4 is 0 Å². The van der Waals surface area contributed by atoms with E-state index >= 15 is 0 Å². The average Bonchev–Trinajstić information content (AvgIpc) is 2.25. The quantitative estimate of drug-likeness (QED) is 0.618. The Morgan fingerprint density at radius 1 is 1.27 bits per heavy atom. The largest absolute Gasteiger partial charge is 0.355 e. The van der Waals surface area contributed by atoms with Gasteiger partial charge in [-0.25, -0.2) is 0 Å². The first-order valence-electron chi connectivity index (χ1n) is 5.97. The Bertz CT molecular complexity index is 270. The Labute approximate surface area is 92.6 Å². The van der Waals surface area contributed by atoms with Crippen molar-refractivity contribution in [1.29, 1.82) is 0 Å². The average molecular weight is 210 g/mol. The minimum atomic E-state index is 0.0225. The Balaban J connectivity index is 2.18. The second-order valence-corrected chi connectivity index (χ2v) is 5.14. The molecule has 2 heteroatoms. The molecule has 0 N–H and O–H groups in total. The van der Waals surface area contributed by atoms with Gasteiger partial charge in [-0.15, -0.1) is 0 Å². The van der Waals surface area contributed by atoms with Crippen LogP contribution in [0.25, 0.3) is 0 Å². The summed E-state index contributed by atoms with van der Waals surface area (Å²) in [5.74, 6) is 0. The van der Waals surface area contributed by atoms with Crippen LogP contribution in [0.5, 0.6) is 0 Å². The molecule has 0 radical (unpaired) electrons. The van der Waals surface area contributed by atoms with Crippen LogP contribution >= 0.6 is 0 Å². The van der Waals surface area contributed by atoms with Crippen LogP contribution in [0.3, 0.4) is 0 Å². The summed E-state index contributed by atoms with van der Waals surface area (Å²) in [5.41, 5.74) is 3.39. The highest BCUT2D eigenvalue weighted by atomic mass is 16.7. The zero-order valence-electron chi connectivity index (χ0n) is 10.1. The molecule has 2 nitrogen and oxygen atoms in total. The molecule has 2 aliphatic rings. The first-order valence-corrected chi connectivity index (χ1v) is 5.97. The van der Waals surface area contributed by atoms with E-state index in [0.717, 1.165) is 13.0 Å². The number of allylic oxidation sites excluding steroid dienone is 2. The summed E-state index contributed by atoms with van der Waals surface area (Å²) in [5, 5.41) is 0.